The largest absolute Gasteiger partial charge is 0.491 e. The van der Waals surface area contributed by atoms with Gasteiger partial charge in [-0.2, -0.15) is 0 Å². The fourth-order valence-corrected chi connectivity index (χ4v) is 5.00. The number of epoxide rings is 2. The van der Waals surface area contributed by atoms with E-state index in [1.807, 2.05) is 73.8 Å². The summed E-state index contributed by atoms with van der Waals surface area (Å²) in [5, 5.41) is 0. The van der Waals surface area contributed by atoms with Gasteiger partial charge < -0.3 is 18.9 Å². The molecule has 0 radical (unpaired) electrons. The Morgan fingerprint density at radius 3 is 1.79 bits per heavy atom. The monoisotopic (exact) mass is 445 g/mol. The van der Waals surface area contributed by atoms with E-state index in [0.29, 0.717) is 13.2 Å². The molecule has 0 amide bonds. The molecule has 0 spiro atoms. The second-order valence-electron chi connectivity index (χ2n) is 9.05. The number of carbonyl (C=O) groups excluding carboxylic acids is 1. The average Bonchev–Trinajstić information content (AvgIpc) is 3.78. The first-order valence-corrected chi connectivity index (χ1v) is 11.5. The van der Waals surface area contributed by atoms with Gasteiger partial charge in [0.25, 0.3) is 0 Å². The Morgan fingerprint density at radius 1 is 0.848 bits per heavy atom. The highest BCUT2D eigenvalue weighted by Crippen LogP contribution is 2.48. The van der Waals surface area contributed by atoms with Gasteiger partial charge in [-0.1, -0.05) is 48.6 Å². The highest BCUT2D eigenvalue weighted by molar-refractivity contribution is 5.99. The van der Waals surface area contributed by atoms with Crippen molar-refractivity contribution in [3.8, 4) is 11.5 Å². The van der Waals surface area contributed by atoms with Crippen LogP contribution in [0.3, 0.4) is 0 Å². The number of likely N-dealkylation sites (tertiary alicyclic amines) is 1. The van der Waals surface area contributed by atoms with Crippen LogP contribution in [0.1, 0.15) is 11.1 Å². The van der Waals surface area contributed by atoms with Gasteiger partial charge in [0.1, 0.15) is 42.5 Å². The smallest absolute Gasteiger partial charge is 0.170 e. The minimum absolute atomic E-state index is 0.00776. The Morgan fingerprint density at radius 2 is 1.33 bits per heavy atom. The summed E-state index contributed by atoms with van der Waals surface area (Å²) in [5.41, 5.74) is 0.965. The molecule has 3 heterocycles. The molecule has 0 saturated carbocycles. The molecule has 3 fully saturated rings. The molecule has 6 heteroatoms. The first kappa shape index (κ1) is 20.7. The van der Waals surface area contributed by atoms with Crippen LogP contribution in [0.2, 0.25) is 0 Å². The number of hydrogen-bond donors (Lipinski definition) is 0. The number of allylic oxidation sites excluding steroid dienone is 2. The van der Waals surface area contributed by atoms with Gasteiger partial charge in [0.15, 0.2) is 5.78 Å². The maximum absolute atomic E-state index is 14.1. The summed E-state index contributed by atoms with van der Waals surface area (Å²) in [6.45, 7) is 2.63. The number of hydrogen-bond acceptors (Lipinski definition) is 6. The molecule has 4 unspecified atom stereocenters. The van der Waals surface area contributed by atoms with Gasteiger partial charge in [-0.3, -0.25) is 9.69 Å². The summed E-state index contributed by atoms with van der Waals surface area (Å²) < 4.78 is 22.1. The molecule has 0 aromatic heterocycles. The third-order valence-electron chi connectivity index (χ3n) is 6.96. The number of ether oxygens (including phenoxy) is 4. The van der Waals surface area contributed by atoms with Crippen LogP contribution in [0.25, 0.3) is 0 Å². The molecule has 3 saturated heterocycles. The normalized spacial score (nSPS) is 32.0. The molecule has 6 nitrogen and oxygen atoms in total. The number of carbonyl (C=O) groups is 1. The summed E-state index contributed by atoms with van der Waals surface area (Å²) in [6, 6.07) is 15.8. The van der Waals surface area contributed by atoms with Crippen LogP contribution in [0, 0.1) is 5.92 Å². The number of ketones is 1. The highest BCUT2D eigenvalue weighted by Gasteiger charge is 2.57. The third-order valence-corrected chi connectivity index (χ3v) is 6.96. The van der Waals surface area contributed by atoms with E-state index in [9.17, 15) is 4.79 Å². The number of nitrogens with zero attached hydrogens (tertiary/aromatic N) is 1. The van der Waals surface area contributed by atoms with Gasteiger partial charge >= 0.3 is 0 Å². The lowest BCUT2D eigenvalue weighted by Gasteiger charge is -2.37. The number of likely N-dealkylation sites (N-methyl/N-ethyl adjacent to an activating group) is 1. The van der Waals surface area contributed by atoms with Gasteiger partial charge in [0.05, 0.1) is 19.1 Å². The quantitative estimate of drug-likeness (QED) is 0.582. The lowest BCUT2D eigenvalue weighted by Crippen LogP contribution is -2.46. The van der Waals surface area contributed by atoms with Crippen molar-refractivity contribution in [2.24, 2.45) is 5.92 Å². The molecule has 3 aliphatic heterocycles. The molecule has 6 rings (SSSR count). The fraction of sp³-hybridized carbons (Fsp3) is 0.370. The van der Waals surface area contributed by atoms with Crippen molar-refractivity contribution in [3.05, 3.63) is 84.0 Å². The van der Waals surface area contributed by atoms with Crippen molar-refractivity contribution < 1.29 is 23.7 Å². The van der Waals surface area contributed by atoms with Gasteiger partial charge in [0.2, 0.25) is 0 Å². The molecule has 4 atom stereocenters. The Hall–Kier alpha value is -2.93. The number of fused-ring (bicyclic) bond motifs is 1. The molecule has 2 aromatic carbocycles. The zero-order chi connectivity index (χ0) is 22.4. The van der Waals surface area contributed by atoms with Crippen LogP contribution in [0.4, 0.5) is 0 Å². The van der Waals surface area contributed by atoms with Crippen molar-refractivity contribution in [2.45, 2.75) is 23.8 Å². The van der Waals surface area contributed by atoms with E-state index >= 15 is 0 Å². The second kappa shape index (κ2) is 8.13. The molecule has 0 bridgehead atoms. The van der Waals surface area contributed by atoms with Crippen molar-refractivity contribution >= 4 is 5.78 Å². The fourth-order valence-electron chi connectivity index (χ4n) is 5.00. The molecule has 4 aliphatic rings. The Bertz CT molecular complexity index is 1020. The topological polar surface area (TPSA) is 63.8 Å². The van der Waals surface area contributed by atoms with Crippen molar-refractivity contribution in [2.75, 3.05) is 33.5 Å². The molecule has 0 N–H and O–H groups in total. The van der Waals surface area contributed by atoms with Crippen molar-refractivity contribution in [1.29, 1.82) is 0 Å². The Kier molecular flexibility index (Phi) is 5.09. The van der Waals surface area contributed by atoms with Gasteiger partial charge in [-0.25, -0.2) is 0 Å². The Labute approximate surface area is 193 Å². The number of benzene rings is 2. The van der Waals surface area contributed by atoms with Crippen LogP contribution >= 0.6 is 0 Å². The van der Waals surface area contributed by atoms with Gasteiger partial charge in [-0.15, -0.1) is 0 Å². The van der Waals surface area contributed by atoms with E-state index in [1.165, 1.54) is 0 Å². The van der Waals surface area contributed by atoms with Crippen molar-refractivity contribution in [1.82, 2.24) is 4.90 Å². The van der Waals surface area contributed by atoms with E-state index < -0.39 is 5.54 Å². The van der Waals surface area contributed by atoms with E-state index in [-0.39, 0.29) is 30.0 Å². The average molecular weight is 446 g/mol. The first-order valence-electron chi connectivity index (χ1n) is 11.5. The lowest BCUT2D eigenvalue weighted by molar-refractivity contribution is -0.125. The Balaban J connectivity index is 1.36. The van der Waals surface area contributed by atoms with Crippen LogP contribution in [0.5, 0.6) is 11.5 Å². The van der Waals surface area contributed by atoms with E-state index in [4.69, 9.17) is 18.9 Å². The maximum Gasteiger partial charge on any atom is 0.170 e. The predicted octanol–water partition coefficient (Wildman–Crippen LogP) is 3.11. The number of Topliss-reactive ketones (excluding diaryl/α,β-unsaturated/α-hetero) is 1. The first-order chi connectivity index (χ1) is 16.2. The zero-order valence-electron chi connectivity index (χ0n) is 18.6. The van der Waals surface area contributed by atoms with Crippen LogP contribution < -0.4 is 9.47 Å². The van der Waals surface area contributed by atoms with Crippen LogP contribution in [0.15, 0.2) is 72.8 Å². The molecule has 2 aromatic rings. The molecule has 170 valence electrons. The summed E-state index contributed by atoms with van der Waals surface area (Å²) in [5.74, 6) is 1.54. The summed E-state index contributed by atoms with van der Waals surface area (Å²) in [6.07, 6.45) is 8.53. The van der Waals surface area contributed by atoms with E-state index in [1.54, 1.807) is 0 Å². The van der Waals surface area contributed by atoms with Gasteiger partial charge in [0, 0.05) is 6.04 Å². The van der Waals surface area contributed by atoms with E-state index in [0.717, 1.165) is 35.8 Å². The third kappa shape index (κ3) is 3.68. The highest BCUT2D eigenvalue weighted by atomic mass is 16.6. The summed E-state index contributed by atoms with van der Waals surface area (Å²) >= 11 is 0. The summed E-state index contributed by atoms with van der Waals surface area (Å²) in [7, 11) is 2.04. The minimum Gasteiger partial charge on any atom is -0.491 e. The summed E-state index contributed by atoms with van der Waals surface area (Å²) in [4.78, 5) is 16.3. The number of rotatable bonds is 8. The van der Waals surface area contributed by atoms with E-state index in [2.05, 4.69) is 11.0 Å². The van der Waals surface area contributed by atoms with Crippen LogP contribution in [-0.2, 0) is 19.8 Å². The predicted molar refractivity (Wildman–Crippen MR) is 122 cm³/mol. The molecule has 1 aliphatic carbocycles. The minimum atomic E-state index is -0.898. The van der Waals surface area contributed by atoms with Crippen LogP contribution in [-0.4, -0.2) is 62.4 Å². The molecular formula is C27H27NO5. The molecule has 33 heavy (non-hydrogen) atoms. The standard InChI is InChI=1S/C27H27NO5/c1-28-25-5-3-2-4-24(25)26(29)27(28,18-6-10-20(11-7-18)30-14-22-16-32-22)19-8-12-21(13-9-19)31-15-23-17-33-23/h2-13,22-25H,14-17H2,1H3. The molecular weight excluding hydrogens is 418 g/mol. The maximum atomic E-state index is 14.1. The second-order valence-corrected chi connectivity index (χ2v) is 9.05. The van der Waals surface area contributed by atoms with Crippen molar-refractivity contribution in [3.63, 3.8) is 0 Å². The lowest BCUT2D eigenvalue weighted by atomic mass is 9.77. The SMILES string of the molecule is CN1C2C=CC=CC2C(=O)C1(c1ccc(OCC2CO2)cc1)c1ccc(OCC2CO2)cc1. The zero-order valence-corrected chi connectivity index (χ0v) is 18.6. The van der Waals surface area contributed by atoms with Gasteiger partial charge in [-0.05, 0) is 42.4 Å².